The lowest BCUT2D eigenvalue weighted by molar-refractivity contribution is 0.0785. The summed E-state index contributed by atoms with van der Waals surface area (Å²) in [7, 11) is -3.68. The molecule has 0 spiro atoms. The number of anilines is 1. The third kappa shape index (κ3) is 3.88. The fraction of sp³-hybridized carbons (Fsp3) is 0.400. The zero-order valence-corrected chi connectivity index (χ0v) is 16.6. The van der Waals surface area contributed by atoms with Crippen LogP contribution in [0.2, 0.25) is 0 Å². The zero-order valence-electron chi connectivity index (χ0n) is 15.7. The number of sulfonamides is 1. The van der Waals surface area contributed by atoms with Crippen LogP contribution in [0.5, 0.6) is 0 Å². The van der Waals surface area contributed by atoms with Crippen LogP contribution in [-0.2, 0) is 15.6 Å². The maximum absolute atomic E-state index is 13.3. The molecule has 4 nitrogen and oxygen atoms in total. The number of rotatable bonds is 5. The van der Waals surface area contributed by atoms with Crippen LogP contribution < -0.4 is 4.31 Å². The molecule has 25 heavy (non-hydrogen) atoms. The highest BCUT2D eigenvalue weighted by molar-refractivity contribution is 7.93. The predicted octanol–water partition coefficient (Wildman–Crippen LogP) is 4.13. The molecule has 0 aliphatic rings. The van der Waals surface area contributed by atoms with Crippen molar-refractivity contribution in [3.63, 3.8) is 0 Å². The van der Waals surface area contributed by atoms with E-state index in [0.717, 1.165) is 16.7 Å². The highest BCUT2D eigenvalue weighted by atomic mass is 32.2. The van der Waals surface area contributed by atoms with Gasteiger partial charge in [0.25, 0.3) is 10.0 Å². The highest BCUT2D eigenvalue weighted by Gasteiger charge is 2.30. The highest BCUT2D eigenvalue weighted by Crippen LogP contribution is 2.32. The summed E-state index contributed by atoms with van der Waals surface area (Å²) >= 11 is 0. The Morgan fingerprint density at radius 3 is 2.08 bits per heavy atom. The minimum Gasteiger partial charge on any atom is -0.386 e. The Balaban J connectivity index is 2.62. The Labute approximate surface area is 151 Å². The largest absolute Gasteiger partial charge is 0.386 e. The van der Waals surface area contributed by atoms with Crippen molar-refractivity contribution in [3.8, 4) is 0 Å². The van der Waals surface area contributed by atoms with E-state index in [-0.39, 0.29) is 6.04 Å². The molecule has 0 fully saturated rings. The van der Waals surface area contributed by atoms with E-state index in [1.165, 1.54) is 4.31 Å². The van der Waals surface area contributed by atoms with Gasteiger partial charge < -0.3 is 5.11 Å². The van der Waals surface area contributed by atoms with Gasteiger partial charge in [-0.15, -0.1) is 0 Å². The smallest absolute Gasteiger partial charge is 0.264 e. The molecule has 1 N–H and O–H groups in total. The normalized spacial score (nSPS) is 12.5. The van der Waals surface area contributed by atoms with Crippen molar-refractivity contribution in [2.75, 3.05) is 4.31 Å². The van der Waals surface area contributed by atoms with E-state index < -0.39 is 15.6 Å². The first-order valence-electron chi connectivity index (χ1n) is 8.40. The van der Waals surface area contributed by atoms with Crippen molar-refractivity contribution < 1.29 is 13.5 Å². The summed E-state index contributed by atoms with van der Waals surface area (Å²) in [6.07, 6.45) is 0. The van der Waals surface area contributed by atoms with E-state index in [4.69, 9.17) is 0 Å². The molecule has 0 unspecified atom stereocenters. The van der Waals surface area contributed by atoms with Gasteiger partial charge in [0.1, 0.15) is 0 Å². The van der Waals surface area contributed by atoms with Crippen molar-refractivity contribution in [2.24, 2.45) is 0 Å². The molecule has 0 bridgehead atoms. The fourth-order valence-corrected chi connectivity index (χ4v) is 4.88. The lowest BCUT2D eigenvalue weighted by Gasteiger charge is -2.31. The number of aliphatic hydroxyl groups is 1. The standard InChI is InChI=1S/C20H27NO3S/c1-14(2)21(25(23,24)19-10-8-7-9-15(19)3)18-12-11-17(13-16(18)4)20(5,6)22/h7-14,22H,1-6H3. The minimum absolute atomic E-state index is 0.240. The van der Waals surface area contributed by atoms with Crippen LogP contribution in [0, 0.1) is 13.8 Å². The Kier molecular flexibility index (Phi) is 5.30. The van der Waals surface area contributed by atoms with E-state index in [9.17, 15) is 13.5 Å². The molecule has 2 aromatic carbocycles. The maximum atomic E-state index is 13.3. The van der Waals surface area contributed by atoms with Crippen molar-refractivity contribution in [1.82, 2.24) is 0 Å². The second-order valence-electron chi connectivity index (χ2n) is 7.22. The van der Waals surface area contributed by atoms with Gasteiger partial charge in [0.15, 0.2) is 0 Å². The first kappa shape index (κ1) is 19.5. The number of hydrogen-bond donors (Lipinski definition) is 1. The summed E-state index contributed by atoms with van der Waals surface area (Å²) < 4.78 is 28.1. The SMILES string of the molecule is Cc1cc(C(C)(C)O)ccc1N(C(C)C)S(=O)(=O)c1ccccc1C. The Hall–Kier alpha value is -1.85. The maximum Gasteiger partial charge on any atom is 0.264 e. The summed E-state index contributed by atoms with van der Waals surface area (Å²) in [5.41, 5.74) is 1.95. The topological polar surface area (TPSA) is 57.6 Å². The number of nitrogens with zero attached hydrogens (tertiary/aromatic N) is 1. The number of hydrogen-bond acceptors (Lipinski definition) is 3. The Morgan fingerprint density at radius 2 is 1.60 bits per heavy atom. The molecule has 5 heteroatoms. The monoisotopic (exact) mass is 361 g/mol. The van der Waals surface area contributed by atoms with Crippen LogP contribution >= 0.6 is 0 Å². The van der Waals surface area contributed by atoms with Crippen LogP contribution in [0.15, 0.2) is 47.4 Å². The van der Waals surface area contributed by atoms with Crippen LogP contribution in [0.4, 0.5) is 5.69 Å². The van der Waals surface area contributed by atoms with Crippen LogP contribution in [0.1, 0.15) is 44.4 Å². The van der Waals surface area contributed by atoms with Gasteiger partial charge in [0, 0.05) is 6.04 Å². The van der Waals surface area contributed by atoms with E-state index in [2.05, 4.69) is 0 Å². The average Bonchev–Trinajstić information content (AvgIpc) is 2.47. The summed E-state index contributed by atoms with van der Waals surface area (Å²) in [5.74, 6) is 0. The van der Waals surface area contributed by atoms with Crippen LogP contribution in [-0.4, -0.2) is 19.6 Å². The van der Waals surface area contributed by atoms with Gasteiger partial charge in [-0.1, -0.05) is 30.3 Å². The molecule has 0 heterocycles. The third-order valence-electron chi connectivity index (χ3n) is 4.24. The summed E-state index contributed by atoms with van der Waals surface area (Å²) in [4.78, 5) is 0.315. The summed E-state index contributed by atoms with van der Waals surface area (Å²) in [6.45, 7) is 10.8. The van der Waals surface area contributed by atoms with Crippen LogP contribution in [0.3, 0.4) is 0 Å². The van der Waals surface area contributed by atoms with Gasteiger partial charge >= 0.3 is 0 Å². The molecule has 0 amide bonds. The minimum atomic E-state index is -3.68. The van der Waals surface area contributed by atoms with E-state index >= 15 is 0 Å². The molecule has 0 saturated carbocycles. The molecule has 0 aromatic heterocycles. The van der Waals surface area contributed by atoms with E-state index in [1.807, 2.05) is 32.9 Å². The molecule has 0 aliphatic carbocycles. The molecule has 0 atom stereocenters. The van der Waals surface area contributed by atoms with Crippen molar-refractivity contribution in [1.29, 1.82) is 0 Å². The lowest BCUT2D eigenvalue weighted by atomic mass is 9.96. The second kappa shape index (κ2) is 6.81. The molecule has 136 valence electrons. The molecular formula is C20H27NO3S. The molecule has 0 saturated heterocycles. The zero-order chi connectivity index (χ0) is 19.0. The van der Waals surface area contributed by atoms with Gasteiger partial charge in [0.2, 0.25) is 0 Å². The first-order chi connectivity index (χ1) is 11.5. The summed E-state index contributed by atoms with van der Waals surface area (Å²) in [6, 6.07) is 12.2. The summed E-state index contributed by atoms with van der Waals surface area (Å²) in [5, 5.41) is 10.2. The van der Waals surface area contributed by atoms with Gasteiger partial charge in [-0.05, 0) is 70.4 Å². The molecule has 2 aromatic rings. The van der Waals surface area contributed by atoms with E-state index in [0.29, 0.717) is 10.6 Å². The molecule has 0 aliphatic heterocycles. The van der Waals surface area contributed by atoms with Crippen molar-refractivity contribution in [3.05, 3.63) is 59.2 Å². The van der Waals surface area contributed by atoms with Crippen LogP contribution in [0.25, 0.3) is 0 Å². The fourth-order valence-electron chi connectivity index (χ4n) is 2.92. The van der Waals surface area contributed by atoms with Gasteiger partial charge in [-0.3, -0.25) is 4.31 Å². The Bertz CT molecular complexity index is 865. The molecular weight excluding hydrogens is 334 g/mol. The van der Waals surface area contributed by atoms with Crippen molar-refractivity contribution in [2.45, 2.75) is 58.1 Å². The molecule has 2 rings (SSSR count). The van der Waals surface area contributed by atoms with E-state index in [1.54, 1.807) is 51.1 Å². The average molecular weight is 362 g/mol. The predicted molar refractivity (Wildman–Crippen MR) is 102 cm³/mol. The van der Waals surface area contributed by atoms with Gasteiger partial charge in [0.05, 0.1) is 16.2 Å². The quantitative estimate of drug-likeness (QED) is 0.871. The third-order valence-corrected chi connectivity index (χ3v) is 6.39. The second-order valence-corrected chi connectivity index (χ2v) is 9.00. The molecule has 0 radical (unpaired) electrons. The number of benzene rings is 2. The van der Waals surface area contributed by atoms with Gasteiger partial charge in [-0.25, -0.2) is 8.42 Å². The van der Waals surface area contributed by atoms with Crippen molar-refractivity contribution >= 4 is 15.7 Å². The first-order valence-corrected chi connectivity index (χ1v) is 9.84. The van der Waals surface area contributed by atoms with Gasteiger partial charge in [-0.2, -0.15) is 0 Å². The Morgan fingerprint density at radius 1 is 1.00 bits per heavy atom. The number of aryl methyl sites for hydroxylation is 2. The lowest BCUT2D eigenvalue weighted by Crippen LogP contribution is -2.38.